The fraction of sp³-hybridized carbons (Fsp3) is 0.556. The number of fused-ring (bicyclic) bond motifs is 1. The molecule has 2 N–H and O–H groups in total. The highest BCUT2D eigenvalue weighted by Gasteiger charge is 2.56. The van der Waals surface area contributed by atoms with Gasteiger partial charge in [-0.1, -0.05) is 36.8 Å². The van der Waals surface area contributed by atoms with Crippen molar-refractivity contribution < 1.29 is 14.7 Å². The van der Waals surface area contributed by atoms with Gasteiger partial charge in [0.15, 0.2) is 0 Å². The van der Waals surface area contributed by atoms with E-state index >= 15 is 0 Å². The van der Waals surface area contributed by atoms with Crippen LogP contribution in [0, 0.1) is 11.3 Å². The van der Waals surface area contributed by atoms with Gasteiger partial charge in [-0.15, -0.1) is 0 Å². The summed E-state index contributed by atoms with van der Waals surface area (Å²) in [5.74, 6) is -0.213. The molecule has 1 heterocycles. The number of hydrogen-bond acceptors (Lipinski definition) is 2. The normalized spacial score (nSPS) is 35.0. The van der Waals surface area contributed by atoms with E-state index in [1.807, 2.05) is 18.2 Å². The smallest absolute Gasteiger partial charge is 0.317 e. The summed E-state index contributed by atoms with van der Waals surface area (Å²) in [5, 5.41) is 12.7. The summed E-state index contributed by atoms with van der Waals surface area (Å²) in [6.45, 7) is 0.947. The Kier molecular flexibility index (Phi) is 3.32. The van der Waals surface area contributed by atoms with Gasteiger partial charge in [-0.2, -0.15) is 0 Å². The number of aliphatic carboxylic acids is 1. The summed E-state index contributed by atoms with van der Waals surface area (Å²) in [4.78, 5) is 25.9. The molecule has 2 aliphatic carbocycles. The zero-order valence-corrected chi connectivity index (χ0v) is 13.1. The summed E-state index contributed by atoms with van der Waals surface area (Å²) in [5.41, 5.74) is 0.567. The number of likely N-dealkylation sites (tertiary alicyclic amines) is 1. The maximum absolute atomic E-state index is 12.5. The minimum Gasteiger partial charge on any atom is -0.481 e. The van der Waals surface area contributed by atoms with Gasteiger partial charge in [0.05, 0.1) is 5.41 Å². The van der Waals surface area contributed by atoms with Crippen molar-refractivity contribution in [2.75, 3.05) is 13.1 Å². The van der Waals surface area contributed by atoms with Gasteiger partial charge in [0.25, 0.3) is 0 Å². The molecule has 5 nitrogen and oxygen atoms in total. The van der Waals surface area contributed by atoms with E-state index < -0.39 is 11.4 Å². The minimum absolute atomic E-state index is 0.0940. The molecule has 122 valence electrons. The van der Waals surface area contributed by atoms with Crippen molar-refractivity contribution in [1.82, 2.24) is 10.2 Å². The Hall–Kier alpha value is -2.04. The summed E-state index contributed by atoms with van der Waals surface area (Å²) in [7, 11) is 0. The number of carbonyl (C=O) groups is 2. The summed E-state index contributed by atoms with van der Waals surface area (Å²) >= 11 is 0. The Balaban J connectivity index is 1.37. The van der Waals surface area contributed by atoms with Crippen LogP contribution < -0.4 is 5.32 Å². The number of rotatable bonds is 3. The van der Waals surface area contributed by atoms with Crippen molar-refractivity contribution in [3.63, 3.8) is 0 Å². The zero-order chi connectivity index (χ0) is 16.0. The molecule has 4 rings (SSSR count). The zero-order valence-electron chi connectivity index (χ0n) is 13.1. The van der Waals surface area contributed by atoms with Gasteiger partial charge in [0.2, 0.25) is 0 Å². The Bertz CT molecular complexity index is 632. The van der Waals surface area contributed by atoms with Crippen LogP contribution in [-0.4, -0.2) is 41.1 Å². The van der Waals surface area contributed by atoms with Crippen molar-refractivity contribution in [2.45, 2.75) is 37.6 Å². The number of carbonyl (C=O) groups excluding carboxylic acids is 1. The van der Waals surface area contributed by atoms with Crippen LogP contribution in [0.4, 0.5) is 4.79 Å². The first kappa shape index (κ1) is 14.5. The number of carboxylic acids is 1. The second-order valence-corrected chi connectivity index (χ2v) is 7.24. The molecule has 1 aliphatic heterocycles. The molecule has 1 aromatic carbocycles. The molecule has 0 radical (unpaired) electrons. The fourth-order valence-corrected chi connectivity index (χ4v) is 4.47. The van der Waals surface area contributed by atoms with E-state index in [4.69, 9.17) is 0 Å². The lowest BCUT2D eigenvalue weighted by Crippen LogP contribution is -2.42. The molecule has 2 unspecified atom stereocenters. The first-order valence-corrected chi connectivity index (χ1v) is 8.44. The molecule has 0 spiro atoms. The highest BCUT2D eigenvalue weighted by molar-refractivity contribution is 5.81. The number of benzene rings is 1. The van der Waals surface area contributed by atoms with Crippen LogP contribution in [0.3, 0.4) is 0 Å². The van der Waals surface area contributed by atoms with Crippen molar-refractivity contribution in [2.24, 2.45) is 11.3 Å². The first-order valence-electron chi connectivity index (χ1n) is 8.44. The molecule has 0 aromatic heterocycles. The van der Waals surface area contributed by atoms with E-state index in [1.54, 1.807) is 4.90 Å². The molecule has 3 fully saturated rings. The third kappa shape index (κ3) is 2.38. The number of urea groups is 1. The van der Waals surface area contributed by atoms with Crippen molar-refractivity contribution >= 4 is 12.0 Å². The molecule has 1 saturated heterocycles. The molecule has 23 heavy (non-hydrogen) atoms. The second-order valence-electron chi connectivity index (χ2n) is 7.24. The lowest BCUT2D eigenvalue weighted by Gasteiger charge is -2.23. The van der Waals surface area contributed by atoms with Gasteiger partial charge >= 0.3 is 12.0 Å². The highest BCUT2D eigenvalue weighted by Crippen LogP contribution is 2.49. The minimum atomic E-state index is -0.733. The van der Waals surface area contributed by atoms with Crippen LogP contribution in [0.1, 0.15) is 37.2 Å². The van der Waals surface area contributed by atoms with Gasteiger partial charge in [-0.3, -0.25) is 4.79 Å². The highest BCUT2D eigenvalue weighted by atomic mass is 16.4. The summed E-state index contributed by atoms with van der Waals surface area (Å²) in [6, 6.07) is 10.3. The molecule has 2 saturated carbocycles. The topological polar surface area (TPSA) is 69.6 Å². The van der Waals surface area contributed by atoms with Gasteiger partial charge < -0.3 is 15.3 Å². The van der Waals surface area contributed by atoms with Crippen LogP contribution in [-0.2, 0) is 4.79 Å². The molecule has 2 amide bonds. The van der Waals surface area contributed by atoms with E-state index in [2.05, 4.69) is 17.4 Å². The van der Waals surface area contributed by atoms with Crippen LogP contribution in [0.5, 0.6) is 0 Å². The monoisotopic (exact) mass is 314 g/mol. The Morgan fingerprint density at radius 3 is 2.74 bits per heavy atom. The standard InChI is InChI=1S/C18H22N2O3/c21-16(22)18-8-4-7-13(18)10-20(11-18)17(23)19-15-9-14(15)12-5-2-1-3-6-12/h1-3,5-6,13-15H,4,7-11H2,(H,19,23)(H,21,22)/t13-,14?,15?,18+/m0/s1. The maximum Gasteiger partial charge on any atom is 0.317 e. The maximum atomic E-state index is 12.5. The average molecular weight is 314 g/mol. The number of nitrogens with one attached hydrogen (secondary N) is 1. The molecule has 1 aromatic rings. The SMILES string of the molecule is O=C(NC1CC1c1ccccc1)N1C[C@@H]2CCC[C@@]2(C(=O)O)C1. The second kappa shape index (κ2) is 5.25. The van der Waals surface area contributed by atoms with Crippen molar-refractivity contribution in [3.05, 3.63) is 35.9 Å². The van der Waals surface area contributed by atoms with E-state index in [0.717, 1.165) is 19.3 Å². The molecule has 4 atom stereocenters. The largest absolute Gasteiger partial charge is 0.481 e. The van der Waals surface area contributed by atoms with E-state index in [-0.39, 0.29) is 18.0 Å². The molecule has 0 bridgehead atoms. The average Bonchev–Trinajstić information content (AvgIpc) is 3.02. The molecular weight excluding hydrogens is 292 g/mol. The Labute approximate surface area is 135 Å². The van der Waals surface area contributed by atoms with Gasteiger partial charge in [0, 0.05) is 25.0 Å². The summed E-state index contributed by atoms with van der Waals surface area (Å²) < 4.78 is 0. The number of nitrogens with zero attached hydrogens (tertiary/aromatic N) is 1. The number of carboxylic acid groups (broad SMARTS) is 1. The molecular formula is C18H22N2O3. The van der Waals surface area contributed by atoms with Crippen LogP contribution >= 0.6 is 0 Å². The first-order chi connectivity index (χ1) is 11.1. The third-order valence-corrected chi connectivity index (χ3v) is 5.91. The van der Waals surface area contributed by atoms with E-state index in [0.29, 0.717) is 25.4 Å². The quantitative estimate of drug-likeness (QED) is 0.900. The lowest BCUT2D eigenvalue weighted by molar-refractivity contribution is -0.149. The van der Waals surface area contributed by atoms with Crippen LogP contribution in [0.25, 0.3) is 0 Å². The Morgan fingerprint density at radius 1 is 1.26 bits per heavy atom. The third-order valence-electron chi connectivity index (χ3n) is 5.91. The van der Waals surface area contributed by atoms with Gasteiger partial charge in [-0.05, 0) is 30.7 Å². The number of amides is 2. The molecule has 5 heteroatoms. The Morgan fingerprint density at radius 2 is 2.04 bits per heavy atom. The number of hydrogen-bond donors (Lipinski definition) is 2. The van der Waals surface area contributed by atoms with Gasteiger partial charge in [0.1, 0.15) is 0 Å². The van der Waals surface area contributed by atoms with Gasteiger partial charge in [-0.25, -0.2) is 4.79 Å². The van der Waals surface area contributed by atoms with Crippen molar-refractivity contribution in [1.29, 1.82) is 0 Å². The van der Waals surface area contributed by atoms with Crippen LogP contribution in [0.15, 0.2) is 30.3 Å². The summed E-state index contributed by atoms with van der Waals surface area (Å²) in [6.07, 6.45) is 3.56. The molecule has 3 aliphatic rings. The predicted molar refractivity (Wildman–Crippen MR) is 85.1 cm³/mol. The predicted octanol–water partition coefficient (Wildman–Crippen LogP) is 2.44. The van der Waals surface area contributed by atoms with Crippen LogP contribution in [0.2, 0.25) is 0 Å². The van der Waals surface area contributed by atoms with E-state index in [1.165, 1.54) is 5.56 Å². The van der Waals surface area contributed by atoms with E-state index in [9.17, 15) is 14.7 Å². The fourth-order valence-electron chi connectivity index (χ4n) is 4.47. The lowest BCUT2D eigenvalue weighted by atomic mass is 9.81. The van der Waals surface area contributed by atoms with Crippen molar-refractivity contribution in [3.8, 4) is 0 Å².